The third-order valence-electron chi connectivity index (χ3n) is 4.60. The maximum atomic E-state index is 14.8. The van der Waals surface area contributed by atoms with Crippen LogP contribution < -0.4 is 4.90 Å². The molecular weight excluding hydrogens is 321 g/mol. The van der Waals surface area contributed by atoms with Gasteiger partial charge in [-0.25, -0.2) is 13.9 Å². The van der Waals surface area contributed by atoms with Crippen molar-refractivity contribution in [2.75, 3.05) is 38.1 Å². The van der Waals surface area contributed by atoms with Crippen LogP contribution in [0.1, 0.15) is 10.5 Å². The van der Waals surface area contributed by atoms with Gasteiger partial charge < -0.3 is 9.80 Å². The van der Waals surface area contributed by atoms with Crippen LogP contribution in [0.4, 0.5) is 10.1 Å². The van der Waals surface area contributed by atoms with E-state index in [-0.39, 0.29) is 11.5 Å². The van der Waals surface area contributed by atoms with Crippen molar-refractivity contribution in [2.45, 2.75) is 0 Å². The third kappa shape index (κ3) is 2.87. The smallest absolute Gasteiger partial charge is 0.170 e. The van der Waals surface area contributed by atoms with Crippen LogP contribution in [0.25, 0.3) is 16.9 Å². The minimum absolute atomic E-state index is 0.279. The van der Waals surface area contributed by atoms with Gasteiger partial charge >= 0.3 is 0 Å². The summed E-state index contributed by atoms with van der Waals surface area (Å²) in [6, 6.07) is 8.51. The average molecular weight is 339 g/mol. The quantitative estimate of drug-likeness (QED) is 0.684. The fraction of sp³-hybridized carbons (Fsp3) is 0.278. The Morgan fingerprint density at radius 3 is 2.64 bits per heavy atom. The highest BCUT2D eigenvalue weighted by molar-refractivity contribution is 5.73. The third-order valence-corrected chi connectivity index (χ3v) is 4.60. The van der Waals surface area contributed by atoms with Gasteiger partial charge in [0, 0.05) is 37.4 Å². The lowest BCUT2D eigenvalue weighted by Gasteiger charge is -2.34. The number of fused-ring (bicyclic) bond motifs is 1. The number of nitrogens with zero attached hydrogens (tertiary/aromatic N) is 5. The van der Waals surface area contributed by atoms with E-state index in [2.05, 4.69) is 26.9 Å². The number of carbonyl (C=O) groups is 1. The molecular formula is C18H18FN5O. The van der Waals surface area contributed by atoms with Crippen LogP contribution >= 0.6 is 0 Å². The Balaban J connectivity index is 1.70. The maximum absolute atomic E-state index is 14.8. The Bertz CT molecular complexity index is 930. The Morgan fingerprint density at radius 1 is 1.12 bits per heavy atom. The van der Waals surface area contributed by atoms with E-state index >= 15 is 0 Å². The van der Waals surface area contributed by atoms with Crippen LogP contribution in [0.2, 0.25) is 0 Å². The number of rotatable bonds is 3. The van der Waals surface area contributed by atoms with Crippen molar-refractivity contribution in [3.63, 3.8) is 0 Å². The number of aldehydes is 1. The van der Waals surface area contributed by atoms with Gasteiger partial charge in [-0.15, -0.1) is 0 Å². The van der Waals surface area contributed by atoms with Crippen LogP contribution in [0.5, 0.6) is 0 Å². The number of aromatic nitrogens is 3. The molecule has 0 amide bonds. The second-order valence-electron chi connectivity index (χ2n) is 6.24. The van der Waals surface area contributed by atoms with Gasteiger partial charge in [-0.1, -0.05) is 0 Å². The van der Waals surface area contributed by atoms with Crippen molar-refractivity contribution in [1.29, 1.82) is 0 Å². The molecule has 4 rings (SSSR count). The van der Waals surface area contributed by atoms with Crippen molar-refractivity contribution in [1.82, 2.24) is 19.5 Å². The fourth-order valence-electron chi connectivity index (χ4n) is 3.11. The van der Waals surface area contributed by atoms with Crippen molar-refractivity contribution >= 4 is 17.6 Å². The first-order valence-corrected chi connectivity index (χ1v) is 8.19. The van der Waals surface area contributed by atoms with Gasteiger partial charge in [-0.3, -0.25) is 4.79 Å². The second kappa shape index (κ2) is 6.25. The molecule has 1 fully saturated rings. The van der Waals surface area contributed by atoms with E-state index in [1.165, 1.54) is 4.52 Å². The predicted molar refractivity (Wildman–Crippen MR) is 93.5 cm³/mol. The summed E-state index contributed by atoms with van der Waals surface area (Å²) in [5.41, 5.74) is 2.68. The number of halogens is 1. The first kappa shape index (κ1) is 15.7. The number of hydrogen-bond acceptors (Lipinski definition) is 5. The summed E-state index contributed by atoms with van der Waals surface area (Å²) >= 11 is 0. The molecule has 1 aliphatic rings. The minimum Gasteiger partial charge on any atom is -0.369 e. The van der Waals surface area contributed by atoms with Crippen molar-refractivity contribution in [3.8, 4) is 11.3 Å². The van der Waals surface area contributed by atoms with E-state index < -0.39 is 0 Å². The number of anilines is 1. The number of carbonyl (C=O) groups excluding carboxylic acids is 1. The van der Waals surface area contributed by atoms with E-state index in [0.29, 0.717) is 23.2 Å². The second-order valence-corrected chi connectivity index (χ2v) is 6.24. The molecule has 25 heavy (non-hydrogen) atoms. The summed E-state index contributed by atoms with van der Waals surface area (Å²) in [4.78, 5) is 19.6. The van der Waals surface area contributed by atoms with E-state index in [1.807, 2.05) is 6.07 Å². The molecule has 6 nitrogen and oxygen atoms in total. The molecule has 2 aromatic heterocycles. The van der Waals surface area contributed by atoms with E-state index in [4.69, 9.17) is 0 Å². The van der Waals surface area contributed by atoms with Crippen molar-refractivity contribution < 1.29 is 9.18 Å². The van der Waals surface area contributed by atoms with Gasteiger partial charge in [-0.2, -0.15) is 5.10 Å². The number of likely N-dealkylation sites (N-methyl/N-ethyl adjacent to an activating group) is 1. The zero-order chi connectivity index (χ0) is 17.4. The molecule has 1 saturated heterocycles. The monoisotopic (exact) mass is 339 g/mol. The van der Waals surface area contributed by atoms with Gasteiger partial charge in [0.25, 0.3) is 0 Å². The molecule has 128 valence electrons. The first-order chi connectivity index (χ1) is 12.2. The number of benzene rings is 1. The number of imidazole rings is 1. The average Bonchev–Trinajstić information content (AvgIpc) is 3.05. The van der Waals surface area contributed by atoms with Gasteiger partial charge in [0.2, 0.25) is 0 Å². The van der Waals surface area contributed by atoms with Gasteiger partial charge in [0.15, 0.2) is 11.9 Å². The predicted octanol–water partition coefficient (Wildman–Crippen LogP) is 2.10. The lowest BCUT2D eigenvalue weighted by molar-refractivity contribution is 0.111. The van der Waals surface area contributed by atoms with Gasteiger partial charge in [0.05, 0.1) is 11.9 Å². The highest BCUT2D eigenvalue weighted by Gasteiger charge is 2.17. The highest BCUT2D eigenvalue weighted by Crippen LogP contribution is 2.27. The molecule has 0 saturated carbocycles. The molecule has 0 radical (unpaired) electrons. The lowest BCUT2D eigenvalue weighted by atomic mass is 10.1. The molecule has 7 heteroatoms. The van der Waals surface area contributed by atoms with Crippen LogP contribution in [0, 0.1) is 5.82 Å². The van der Waals surface area contributed by atoms with Crippen molar-refractivity contribution in [2.24, 2.45) is 0 Å². The molecule has 0 spiro atoms. The number of hydrogen-bond donors (Lipinski definition) is 0. The Hall–Kier alpha value is -2.80. The van der Waals surface area contributed by atoms with Gasteiger partial charge in [0.1, 0.15) is 11.5 Å². The van der Waals surface area contributed by atoms with E-state index in [0.717, 1.165) is 31.9 Å². The Kier molecular flexibility index (Phi) is 3.93. The normalized spacial score (nSPS) is 15.7. The molecule has 3 heterocycles. The molecule has 3 aromatic rings. The molecule has 1 aromatic carbocycles. The van der Waals surface area contributed by atoms with Crippen LogP contribution in [-0.2, 0) is 0 Å². The summed E-state index contributed by atoms with van der Waals surface area (Å²) in [6.07, 6.45) is 2.24. The zero-order valence-corrected chi connectivity index (χ0v) is 13.9. The molecule has 0 N–H and O–H groups in total. The molecule has 0 aliphatic carbocycles. The number of piperazine rings is 1. The fourth-order valence-corrected chi connectivity index (χ4v) is 3.11. The largest absolute Gasteiger partial charge is 0.369 e. The van der Waals surface area contributed by atoms with Crippen LogP contribution in [-0.4, -0.2) is 59.0 Å². The zero-order valence-electron chi connectivity index (χ0n) is 13.9. The van der Waals surface area contributed by atoms with Crippen molar-refractivity contribution in [3.05, 3.63) is 48.0 Å². The summed E-state index contributed by atoms with van der Waals surface area (Å²) in [5.74, 6) is -0.323. The first-order valence-electron chi connectivity index (χ1n) is 8.19. The van der Waals surface area contributed by atoms with Crippen LogP contribution in [0.3, 0.4) is 0 Å². The summed E-state index contributed by atoms with van der Waals surface area (Å²) < 4.78 is 16.3. The molecule has 1 aliphatic heterocycles. The Labute approximate surface area is 144 Å². The van der Waals surface area contributed by atoms with Crippen LogP contribution in [0.15, 0.2) is 36.5 Å². The summed E-state index contributed by atoms with van der Waals surface area (Å²) in [5, 5.41) is 4.20. The van der Waals surface area contributed by atoms with E-state index in [9.17, 15) is 9.18 Å². The summed E-state index contributed by atoms with van der Waals surface area (Å²) in [7, 11) is 2.09. The topological polar surface area (TPSA) is 53.7 Å². The Morgan fingerprint density at radius 2 is 1.92 bits per heavy atom. The van der Waals surface area contributed by atoms with Gasteiger partial charge in [-0.05, 0) is 37.4 Å². The molecule has 0 bridgehead atoms. The SMILES string of the molecule is CN1CCN(c2ccc(-c3cnc4ccc(C=O)nn34)c(F)c2)CC1. The highest BCUT2D eigenvalue weighted by atomic mass is 19.1. The summed E-state index contributed by atoms with van der Waals surface area (Å²) in [6.45, 7) is 3.70. The van der Waals surface area contributed by atoms with E-state index in [1.54, 1.807) is 30.5 Å². The minimum atomic E-state index is -0.323. The maximum Gasteiger partial charge on any atom is 0.170 e. The molecule has 0 atom stereocenters. The molecule has 0 unspecified atom stereocenters. The lowest BCUT2D eigenvalue weighted by Crippen LogP contribution is -2.44. The standard InChI is InChI=1S/C18H18FN5O/c1-22-6-8-23(9-7-22)14-3-4-15(16(19)10-14)17-11-20-18-5-2-13(12-25)21-24(17)18/h2-5,10-12H,6-9H2,1H3.